The van der Waals surface area contributed by atoms with Crippen molar-refractivity contribution in [3.8, 4) is 5.75 Å². The molecule has 1 rings (SSSR count). The zero-order chi connectivity index (χ0) is 14.4. The van der Waals surface area contributed by atoms with E-state index >= 15 is 0 Å². The summed E-state index contributed by atoms with van der Waals surface area (Å²) in [5.74, 6) is 0.404. The van der Waals surface area contributed by atoms with Crippen molar-refractivity contribution < 1.29 is 14.6 Å². The Morgan fingerprint density at radius 2 is 1.79 bits per heavy atom. The van der Waals surface area contributed by atoms with E-state index in [2.05, 4.69) is 0 Å². The Morgan fingerprint density at radius 3 is 2.16 bits per heavy atom. The Labute approximate surface area is 121 Å². The van der Waals surface area contributed by atoms with E-state index in [9.17, 15) is 9.90 Å². The summed E-state index contributed by atoms with van der Waals surface area (Å²) in [4.78, 5) is 12.4. The van der Waals surface area contributed by atoms with E-state index in [1.807, 2.05) is 12.5 Å². The number of hydrogen-bond acceptors (Lipinski definition) is 6. The first kappa shape index (κ1) is 16.1. The molecule has 1 atom stereocenters. The summed E-state index contributed by atoms with van der Waals surface area (Å²) in [6.45, 7) is 0. The molecule has 3 N–H and O–H groups in total. The van der Waals surface area contributed by atoms with Crippen molar-refractivity contribution in [1.29, 1.82) is 0 Å². The molecule has 0 amide bonds. The van der Waals surface area contributed by atoms with Crippen LogP contribution in [0.2, 0.25) is 0 Å². The highest BCUT2D eigenvalue weighted by Crippen LogP contribution is 2.30. The largest absolute Gasteiger partial charge is 0.497 e. The number of benzene rings is 1. The average molecular weight is 299 g/mol. The fraction of sp³-hybridized carbons (Fsp3) is 0.308. The fourth-order valence-electron chi connectivity index (χ4n) is 1.55. The minimum absolute atomic E-state index is 0.227. The first-order chi connectivity index (χ1) is 9.04. The van der Waals surface area contributed by atoms with Crippen molar-refractivity contribution in [2.45, 2.75) is 6.23 Å². The van der Waals surface area contributed by atoms with Crippen LogP contribution >= 0.6 is 23.5 Å². The first-order valence-corrected chi connectivity index (χ1v) is 7.94. The Balaban J connectivity index is 3.16. The van der Waals surface area contributed by atoms with Gasteiger partial charge in [0.1, 0.15) is 12.0 Å². The highest BCUT2D eigenvalue weighted by Gasteiger charge is 2.21. The number of ketones is 1. The van der Waals surface area contributed by atoms with E-state index in [0.29, 0.717) is 11.3 Å². The molecule has 0 unspecified atom stereocenters. The molecule has 4 nitrogen and oxygen atoms in total. The molecule has 0 saturated heterocycles. The molecule has 0 radical (unpaired) electrons. The predicted octanol–water partition coefficient (Wildman–Crippen LogP) is 2.09. The molecule has 19 heavy (non-hydrogen) atoms. The maximum absolute atomic E-state index is 12.4. The smallest absolute Gasteiger partial charge is 0.194 e. The number of aliphatic hydroxyl groups excluding tert-OH is 1. The van der Waals surface area contributed by atoms with Crippen LogP contribution in [-0.4, -0.2) is 36.7 Å². The quantitative estimate of drug-likeness (QED) is 0.476. The summed E-state index contributed by atoms with van der Waals surface area (Å²) in [6, 6.07) is 6.71. The topological polar surface area (TPSA) is 72.5 Å². The van der Waals surface area contributed by atoms with Gasteiger partial charge in [-0.05, 0) is 36.8 Å². The van der Waals surface area contributed by atoms with Gasteiger partial charge < -0.3 is 15.6 Å². The Bertz CT molecular complexity index is 463. The van der Waals surface area contributed by atoms with Crippen molar-refractivity contribution in [3.63, 3.8) is 0 Å². The Hall–Kier alpha value is -0.950. The summed E-state index contributed by atoms with van der Waals surface area (Å²) in [5, 5.41) is 9.62. The molecular weight excluding hydrogens is 282 g/mol. The number of thioether (sulfide) groups is 2. The number of Topliss-reactive ketones (excluding diaryl/α,β-unsaturated/α-hetero) is 1. The molecule has 0 aliphatic heterocycles. The highest BCUT2D eigenvalue weighted by atomic mass is 32.2. The third-order valence-electron chi connectivity index (χ3n) is 2.48. The minimum atomic E-state index is -1.29. The standard InChI is InChI=1S/C13H17NO3S2/c1-17-9-6-4-8(5-7-9)11(15)10(12(14)16)13(18-2)19-3/h4-7,12,16H,14H2,1-3H3/t12-/m1/s1. The van der Waals surface area contributed by atoms with Crippen LogP contribution in [0.1, 0.15) is 10.4 Å². The van der Waals surface area contributed by atoms with E-state index in [0.717, 1.165) is 4.24 Å². The molecule has 1 aromatic carbocycles. The number of carbonyl (C=O) groups is 1. The van der Waals surface area contributed by atoms with E-state index in [4.69, 9.17) is 10.5 Å². The second-order valence-electron chi connectivity index (χ2n) is 3.61. The summed E-state index contributed by atoms with van der Waals surface area (Å²) < 4.78 is 5.76. The number of rotatable bonds is 6. The predicted molar refractivity (Wildman–Crippen MR) is 81.6 cm³/mol. The van der Waals surface area contributed by atoms with Crippen LogP contribution < -0.4 is 10.5 Å². The number of ether oxygens (including phenoxy) is 1. The van der Waals surface area contributed by atoms with Gasteiger partial charge in [-0.3, -0.25) is 4.79 Å². The van der Waals surface area contributed by atoms with Crippen molar-refractivity contribution >= 4 is 29.3 Å². The van der Waals surface area contributed by atoms with E-state index < -0.39 is 6.23 Å². The lowest BCUT2D eigenvalue weighted by Crippen LogP contribution is -2.27. The van der Waals surface area contributed by atoms with Crippen LogP contribution in [0.4, 0.5) is 0 Å². The maximum Gasteiger partial charge on any atom is 0.194 e. The molecule has 0 aliphatic carbocycles. The lowest BCUT2D eigenvalue weighted by molar-refractivity contribution is 0.0990. The van der Waals surface area contributed by atoms with Gasteiger partial charge in [0.15, 0.2) is 5.78 Å². The Morgan fingerprint density at radius 1 is 1.26 bits per heavy atom. The molecule has 0 bridgehead atoms. The van der Waals surface area contributed by atoms with E-state index in [1.54, 1.807) is 31.4 Å². The third-order valence-corrected chi connectivity index (χ3v) is 4.66. The number of carbonyl (C=O) groups excluding carboxylic acids is 1. The van der Waals surface area contributed by atoms with E-state index in [-0.39, 0.29) is 11.4 Å². The summed E-state index contributed by atoms with van der Waals surface area (Å²) >= 11 is 2.79. The SMILES string of the molecule is COc1ccc(C(=O)C(=C(SC)SC)[C@H](N)O)cc1. The molecule has 0 aliphatic rings. The van der Waals surface area contributed by atoms with Gasteiger partial charge >= 0.3 is 0 Å². The van der Waals surface area contributed by atoms with Crippen LogP contribution in [0.25, 0.3) is 0 Å². The average Bonchev–Trinajstić information content (AvgIpc) is 2.43. The molecule has 1 aromatic rings. The molecule has 0 fully saturated rings. The van der Waals surface area contributed by atoms with Gasteiger partial charge in [-0.1, -0.05) is 0 Å². The zero-order valence-electron chi connectivity index (χ0n) is 11.0. The van der Waals surface area contributed by atoms with Crippen LogP contribution in [-0.2, 0) is 0 Å². The number of hydrogen-bond donors (Lipinski definition) is 2. The molecule has 6 heteroatoms. The van der Waals surface area contributed by atoms with Crippen LogP contribution in [0.3, 0.4) is 0 Å². The Kier molecular flexibility index (Phi) is 6.44. The van der Waals surface area contributed by atoms with Gasteiger partial charge in [0.05, 0.1) is 16.9 Å². The van der Waals surface area contributed by atoms with Crippen molar-refractivity contribution in [3.05, 3.63) is 39.6 Å². The molecule has 0 heterocycles. The maximum atomic E-state index is 12.4. The van der Waals surface area contributed by atoms with Gasteiger partial charge in [-0.2, -0.15) is 0 Å². The minimum Gasteiger partial charge on any atom is -0.497 e. The number of nitrogens with two attached hydrogens (primary N) is 1. The fourth-order valence-corrected chi connectivity index (χ4v) is 3.08. The van der Waals surface area contributed by atoms with Crippen molar-refractivity contribution in [2.75, 3.05) is 19.6 Å². The lowest BCUT2D eigenvalue weighted by atomic mass is 10.0. The molecular formula is C13H17NO3S2. The summed E-state index contributed by atoms with van der Waals surface area (Å²) in [7, 11) is 1.56. The van der Waals surface area contributed by atoms with Crippen LogP contribution in [0.5, 0.6) is 5.75 Å². The summed E-state index contributed by atoms with van der Waals surface area (Å²) in [6.07, 6.45) is 2.40. The van der Waals surface area contributed by atoms with Gasteiger partial charge in [-0.25, -0.2) is 0 Å². The molecule has 0 aromatic heterocycles. The van der Waals surface area contributed by atoms with Gasteiger partial charge in [-0.15, -0.1) is 23.5 Å². The monoisotopic (exact) mass is 299 g/mol. The second kappa shape index (κ2) is 7.59. The van der Waals surface area contributed by atoms with Gasteiger partial charge in [0, 0.05) is 5.56 Å². The highest BCUT2D eigenvalue weighted by molar-refractivity contribution is 8.21. The zero-order valence-corrected chi connectivity index (χ0v) is 12.7. The molecule has 104 valence electrons. The van der Waals surface area contributed by atoms with Crippen molar-refractivity contribution in [1.82, 2.24) is 0 Å². The van der Waals surface area contributed by atoms with E-state index in [1.165, 1.54) is 23.5 Å². The molecule has 0 spiro atoms. The number of aliphatic hydroxyl groups is 1. The third kappa shape index (κ3) is 4.01. The van der Waals surface area contributed by atoms with Crippen LogP contribution in [0.15, 0.2) is 34.1 Å². The van der Waals surface area contributed by atoms with Gasteiger partial charge in [0.25, 0.3) is 0 Å². The van der Waals surface area contributed by atoms with Gasteiger partial charge in [0.2, 0.25) is 0 Å². The second-order valence-corrected chi connectivity index (χ2v) is 5.50. The summed E-state index contributed by atoms with van der Waals surface area (Å²) in [5.41, 5.74) is 6.21. The first-order valence-electron chi connectivity index (χ1n) is 5.49. The van der Waals surface area contributed by atoms with Crippen LogP contribution in [0, 0.1) is 0 Å². The normalized spacial score (nSPS) is 11.8. The van der Waals surface area contributed by atoms with Crippen molar-refractivity contribution in [2.24, 2.45) is 5.73 Å². The number of methoxy groups -OCH3 is 1. The lowest BCUT2D eigenvalue weighted by Gasteiger charge is -2.14. The molecule has 0 saturated carbocycles.